The number of aromatic nitrogens is 1. The predicted molar refractivity (Wildman–Crippen MR) is 104 cm³/mol. The van der Waals surface area contributed by atoms with E-state index in [9.17, 15) is 25.0 Å². The molecule has 2 aromatic carbocycles. The first kappa shape index (κ1) is 18.0. The number of carbonyl (C=O) groups is 1. The zero-order valence-electron chi connectivity index (χ0n) is 14.0. The molecule has 2 heterocycles. The Morgan fingerprint density at radius 2 is 1.68 bits per heavy atom. The lowest BCUT2D eigenvalue weighted by molar-refractivity contribution is -0.588. The van der Waals surface area contributed by atoms with Crippen molar-refractivity contribution in [1.82, 2.24) is 0 Å². The molecule has 28 heavy (non-hydrogen) atoms. The van der Waals surface area contributed by atoms with Gasteiger partial charge in [-0.3, -0.25) is 20.2 Å². The van der Waals surface area contributed by atoms with Crippen LogP contribution in [0.25, 0.3) is 17.3 Å². The van der Waals surface area contributed by atoms with Gasteiger partial charge in [0.25, 0.3) is 11.4 Å². The number of thioether (sulfide) groups is 1. The highest BCUT2D eigenvalue weighted by molar-refractivity contribution is 8.05. The number of thiazole rings is 1. The Balaban J connectivity index is 1.68. The Labute approximate surface area is 166 Å². The summed E-state index contributed by atoms with van der Waals surface area (Å²) in [6.45, 7) is 0. The van der Waals surface area contributed by atoms with Gasteiger partial charge in [0.2, 0.25) is 5.69 Å². The van der Waals surface area contributed by atoms with Gasteiger partial charge in [-0.05, 0) is 23.8 Å². The number of allylic oxidation sites excluding steroid dienone is 1. The summed E-state index contributed by atoms with van der Waals surface area (Å²) in [6, 6.07) is 12.1. The highest BCUT2D eigenvalue weighted by Gasteiger charge is 2.40. The van der Waals surface area contributed by atoms with Gasteiger partial charge in [-0.25, -0.2) is 4.79 Å². The molecule has 1 aromatic heterocycles. The Bertz CT molecular complexity index is 1170. The Morgan fingerprint density at radius 1 is 0.964 bits per heavy atom. The molecule has 3 aromatic rings. The van der Waals surface area contributed by atoms with Crippen LogP contribution in [-0.2, 0) is 0 Å². The number of hydrogen-bond donors (Lipinski definition) is 0. The molecule has 0 radical (unpaired) electrons. The normalized spacial score (nSPS) is 14.3. The molecule has 0 saturated carbocycles. The third-order valence-corrected chi connectivity index (χ3v) is 6.19. The van der Waals surface area contributed by atoms with Gasteiger partial charge in [0, 0.05) is 41.6 Å². The highest BCUT2D eigenvalue weighted by atomic mass is 32.2. The molecule has 0 unspecified atom stereocenters. The van der Waals surface area contributed by atoms with E-state index in [1.54, 1.807) is 34.9 Å². The van der Waals surface area contributed by atoms with Crippen molar-refractivity contribution >= 4 is 46.5 Å². The van der Waals surface area contributed by atoms with Gasteiger partial charge in [0.1, 0.15) is 4.91 Å². The second kappa shape index (κ2) is 6.98. The highest BCUT2D eigenvalue weighted by Crippen LogP contribution is 2.38. The van der Waals surface area contributed by atoms with Crippen molar-refractivity contribution in [3.8, 4) is 11.3 Å². The number of hydrogen-bond acceptors (Lipinski definition) is 7. The van der Waals surface area contributed by atoms with Crippen molar-refractivity contribution in [1.29, 1.82) is 0 Å². The second-order valence-corrected chi connectivity index (χ2v) is 7.94. The van der Waals surface area contributed by atoms with Crippen LogP contribution < -0.4 is 4.57 Å². The zero-order chi connectivity index (χ0) is 19.8. The fourth-order valence-electron chi connectivity index (χ4n) is 2.74. The standard InChI is InChI=1S/C18H10N3O5S2/c22-17-16(9-11-2-1-3-14(8-11)21(25)26)28-18-19(17)15(10-27-18)12-4-6-13(7-5-12)20(23)24/h1-10H/q+1/b16-9+. The SMILES string of the molecule is O=C1/C(=C\c2cccc([N+](=O)[O-])c2)Sc2scc(-c3ccc([N+](=O)[O-])cc3)[n+]21. The van der Waals surface area contributed by atoms with E-state index in [0.717, 1.165) is 4.34 Å². The monoisotopic (exact) mass is 412 g/mol. The second-order valence-electron chi connectivity index (χ2n) is 5.79. The van der Waals surface area contributed by atoms with E-state index in [4.69, 9.17) is 0 Å². The molecule has 4 rings (SSSR count). The number of benzene rings is 2. The predicted octanol–water partition coefficient (Wildman–Crippen LogP) is 4.31. The van der Waals surface area contributed by atoms with E-state index < -0.39 is 9.85 Å². The van der Waals surface area contributed by atoms with Crippen LogP contribution in [0.4, 0.5) is 11.4 Å². The van der Waals surface area contributed by atoms with Crippen LogP contribution in [0.2, 0.25) is 0 Å². The van der Waals surface area contributed by atoms with Gasteiger partial charge in [-0.2, -0.15) is 0 Å². The van der Waals surface area contributed by atoms with E-state index in [2.05, 4.69) is 0 Å². The van der Waals surface area contributed by atoms with Gasteiger partial charge in [-0.15, -0.1) is 4.57 Å². The largest absolute Gasteiger partial charge is 0.433 e. The maximum absolute atomic E-state index is 12.9. The van der Waals surface area contributed by atoms with Crippen LogP contribution in [0.1, 0.15) is 10.4 Å². The summed E-state index contributed by atoms with van der Waals surface area (Å²) in [6.07, 6.45) is 1.62. The lowest BCUT2D eigenvalue weighted by Gasteiger charge is -1.96. The van der Waals surface area contributed by atoms with Crippen molar-refractivity contribution < 1.29 is 19.2 Å². The first-order valence-corrected chi connectivity index (χ1v) is 9.61. The van der Waals surface area contributed by atoms with Crippen molar-refractivity contribution in [3.05, 3.63) is 84.6 Å². The first-order valence-electron chi connectivity index (χ1n) is 7.91. The quantitative estimate of drug-likeness (QED) is 0.274. The molecule has 0 saturated heterocycles. The van der Waals surface area contributed by atoms with Crippen LogP contribution in [-0.4, -0.2) is 15.8 Å². The summed E-state index contributed by atoms with van der Waals surface area (Å²) in [5, 5.41) is 23.6. The van der Waals surface area contributed by atoms with Gasteiger partial charge < -0.3 is 0 Å². The van der Waals surface area contributed by atoms with Crippen molar-refractivity contribution in [2.75, 3.05) is 0 Å². The first-order chi connectivity index (χ1) is 13.4. The summed E-state index contributed by atoms with van der Waals surface area (Å²) in [5.41, 5.74) is 1.84. The lowest BCUT2D eigenvalue weighted by Crippen LogP contribution is -2.40. The Hall–Kier alpha value is -3.37. The van der Waals surface area contributed by atoms with Crippen LogP contribution in [0.5, 0.6) is 0 Å². The molecule has 138 valence electrons. The number of carbonyl (C=O) groups excluding carboxylic acids is 1. The van der Waals surface area contributed by atoms with E-state index >= 15 is 0 Å². The van der Waals surface area contributed by atoms with Crippen LogP contribution in [0, 0.1) is 20.2 Å². The molecule has 1 aliphatic rings. The average Bonchev–Trinajstić information content (AvgIpc) is 3.23. The van der Waals surface area contributed by atoms with Gasteiger partial charge in [-0.1, -0.05) is 23.5 Å². The van der Waals surface area contributed by atoms with Gasteiger partial charge in [0.05, 0.1) is 15.2 Å². The molecule has 0 N–H and O–H groups in total. The minimum Gasteiger partial charge on any atom is -0.258 e. The molecule has 8 nitrogen and oxygen atoms in total. The number of rotatable bonds is 4. The smallest absolute Gasteiger partial charge is 0.258 e. The number of nitrogens with zero attached hydrogens (tertiary/aromatic N) is 3. The molecule has 0 bridgehead atoms. The fourth-order valence-corrected chi connectivity index (χ4v) is 4.92. The van der Waals surface area contributed by atoms with Gasteiger partial charge in [0.15, 0.2) is 0 Å². The fraction of sp³-hybridized carbons (Fsp3) is 0. The zero-order valence-corrected chi connectivity index (χ0v) is 15.6. The molecule has 0 fully saturated rings. The number of non-ortho nitro benzene ring substituents is 2. The topological polar surface area (TPSA) is 107 Å². The molecule has 0 amide bonds. The molecular formula is C18H10N3O5S2+. The maximum Gasteiger partial charge on any atom is 0.433 e. The van der Waals surface area contributed by atoms with Crippen LogP contribution in [0.15, 0.2) is 63.2 Å². The molecular weight excluding hydrogens is 402 g/mol. The number of nitro groups is 2. The third kappa shape index (κ3) is 3.19. The average molecular weight is 412 g/mol. The molecule has 1 aliphatic heterocycles. The summed E-state index contributed by atoms with van der Waals surface area (Å²) in [5.74, 6) is -0.235. The minimum atomic E-state index is -0.482. The van der Waals surface area contributed by atoms with Gasteiger partial charge >= 0.3 is 10.2 Å². The Kier molecular flexibility index (Phi) is 4.49. The summed E-state index contributed by atoms with van der Waals surface area (Å²) >= 11 is 2.68. The summed E-state index contributed by atoms with van der Waals surface area (Å²) in [7, 11) is 0. The third-order valence-electron chi connectivity index (χ3n) is 4.06. The number of fused-ring (bicyclic) bond motifs is 1. The van der Waals surface area contributed by atoms with E-state index in [-0.39, 0.29) is 17.3 Å². The van der Waals surface area contributed by atoms with Crippen LogP contribution >= 0.6 is 23.1 Å². The maximum atomic E-state index is 12.9. The van der Waals surface area contributed by atoms with Crippen molar-refractivity contribution in [3.63, 3.8) is 0 Å². The molecule has 0 atom stereocenters. The Morgan fingerprint density at radius 3 is 2.36 bits per heavy atom. The summed E-state index contributed by atoms with van der Waals surface area (Å²) in [4.78, 5) is 34.1. The van der Waals surface area contributed by atoms with E-state index in [1.807, 2.05) is 5.38 Å². The molecule has 0 aliphatic carbocycles. The van der Waals surface area contributed by atoms with E-state index in [1.165, 1.54) is 47.4 Å². The summed E-state index contributed by atoms with van der Waals surface area (Å²) < 4.78 is 2.31. The van der Waals surface area contributed by atoms with Crippen molar-refractivity contribution in [2.24, 2.45) is 0 Å². The molecule has 0 spiro atoms. The lowest BCUT2D eigenvalue weighted by atomic mass is 10.1. The molecule has 10 heteroatoms. The van der Waals surface area contributed by atoms with E-state index in [0.29, 0.717) is 21.7 Å². The minimum absolute atomic E-state index is 0.0208. The van der Waals surface area contributed by atoms with Crippen LogP contribution in [0.3, 0.4) is 0 Å². The van der Waals surface area contributed by atoms with Crippen molar-refractivity contribution in [2.45, 2.75) is 4.34 Å². The number of nitro benzene ring substituents is 2.